The van der Waals surface area contributed by atoms with Crippen molar-refractivity contribution in [1.82, 2.24) is 0 Å². The summed E-state index contributed by atoms with van der Waals surface area (Å²) < 4.78 is 5.19. The van der Waals surface area contributed by atoms with Crippen LogP contribution in [0.15, 0.2) is 12.2 Å². The molecule has 1 aliphatic rings. The summed E-state index contributed by atoms with van der Waals surface area (Å²) in [7, 11) is 0. The third-order valence-corrected chi connectivity index (χ3v) is 1.35. The Morgan fingerprint density at radius 1 is 1.75 bits per heavy atom. The van der Waals surface area contributed by atoms with Crippen molar-refractivity contribution in [3.8, 4) is 0 Å². The molecule has 1 fully saturated rings. The molecule has 0 N–H and O–H groups in total. The number of rotatable bonds is 0. The van der Waals surface area contributed by atoms with Gasteiger partial charge >= 0.3 is 0 Å². The van der Waals surface area contributed by atoms with Gasteiger partial charge in [-0.25, -0.2) is 0 Å². The second kappa shape index (κ2) is 2.31. The minimum Gasteiger partial charge on any atom is -0.377 e. The van der Waals surface area contributed by atoms with E-state index in [-0.39, 0.29) is 0 Å². The number of ether oxygens (including phenoxy) is 1. The van der Waals surface area contributed by atoms with Crippen molar-refractivity contribution in [2.45, 2.75) is 13.3 Å². The van der Waals surface area contributed by atoms with Gasteiger partial charge in [0.05, 0.1) is 6.61 Å². The van der Waals surface area contributed by atoms with Crippen LogP contribution in [0.1, 0.15) is 13.3 Å². The maximum atomic E-state index is 5.19. The van der Waals surface area contributed by atoms with Gasteiger partial charge in [0.25, 0.3) is 0 Å². The predicted octanol–water partition coefficient (Wildman–Crippen LogP) is 1.60. The zero-order chi connectivity index (χ0) is 5.98. The summed E-state index contributed by atoms with van der Waals surface area (Å²) in [6.45, 7) is 7.72. The maximum absolute atomic E-state index is 5.19. The van der Waals surface area contributed by atoms with Crippen LogP contribution in [0.25, 0.3) is 0 Å². The molecule has 1 heteroatoms. The van der Waals surface area contributed by atoms with E-state index >= 15 is 0 Å². The lowest BCUT2D eigenvalue weighted by atomic mass is 10.0. The average molecular weight is 112 g/mol. The van der Waals surface area contributed by atoms with Gasteiger partial charge < -0.3 is 4.74 Å². The molecule has 1 rings (SSSR count). The van der Waals surface area contributed by atoms with Crippen LogP contribution in [-0.4, -0.2) is 13.2 Å². The lowest BCUT2D eigenvalue weighted by Crippen LogP contribution is -2.15. The van der Waals surface area contributed by atoms with Crippen LogP contribution in [0, 0.1) is 5.92 Å². The van der Waals surface area contributed by atoms with Crippen molar-refractivity contribution < 1.29 is 4.74 Å². The minimum atomic E-state index is 0.691. The van der Waals surface area contributed by atoms with Gasteiger partial charge in [-0.1, -0.05) is 19.1 Å². The molecule has 8 heavy (non-hydrogen) atoms. The van der Waals surface area contributed by atoms with Crippen LogP contribution >= 0.6 is 0 Å². The van der Waals surface area contributed by atoms with E-state index in [1.54, 1.807) is 0 Å². The molecule has 1 nitrogen and oxygen atoms in total. The molecule has 1 aliphatic heterocycles. The summed E-state index contributed by atoms with van der Waals surface area (Å²) in [5.41, 5.74) is 1.24. The first-order chi connectivity index (χ1) is 3.79. The highest BCUT2D eigenvalue weighted by Crippen LogP contribution is 2.15. The van der Waals surface area contributed by atoms with E-state index in [4.69, 9.17) is 4.74 Å². The molecule has 0 aromatic heterocycles. The summed E-state index contributed by atoms with van der Waals surface area (Å²) in [6.07, 6.45) is 1.15. The fourth-order valence-electron chi connectivity index (χ4n) is 1.02. The lowest BCUT2D eigenvalue weighted by molar-refractivity contribution is 0.0951. The van der Waals surface area contributed by atoms with Crippen molar-refractivity contribution in [2.75, 3.05) is 13.2 Å². The van der Waals surface area contributed by atoms with Gasteiger partial charge in [0.1, 0.15) is 0 Å². The van der Waals surface area contributed by atoms with Gasteiger partial charge in [0.2, 0.25) is 0 Å². The first-order valence-corrected chi connectivity index (χ1v) is 3.03. The Labute approximate surface area is 50.3 Å². The zero-order valence-electron chi connectivity index (χ0n) is 5.31. The topological polar surface area (TPSA) is 9.23 Å². The monoisotopic (exact) mass is 112 g/mol. The van der Waals surface area contributed by atoms with Gasteiger partial charge in [-0.05, 0) is 12.3 Å². The van der Waals surface area contributed by atoms with Gasteiger partial charge in [0, 0.05) is 6.61 Å². The van der Waals surface area contributed by atoms with Crippen molar-refractivity contribution in [2.24, 2.45) is 5.92 Å². The van der Waals surface area contributed by atoms with Gasteiger partial charge in [-0.3, -0.25) is 0 Å². The Morgan fingerprint density at radius 2 is 2.50 bits per heavy atom. The van der Waals surface area contributed by atoms with E-state index in [1.165, 1.54) is 5.57 Å². The second-order valence-corrected chi connectivity index (χ2v) is 2.57. The summed E-state index contributed by atoms with van der Waals surface area (Å²) in [4.78, 5) is 0. The molecule has 0 saturated carbocycles. The highest BCUT2D eigenvalue weighted by Gasteiger charge is 2.09. The Bertz CT molecular complexity index is 96.6. The third-order valence-electron chi connectivity index (χ3n) is 1.35. The third kappa shape index (κ3) is 1.34. The Morgan fingerprint density at radius 3 is 2.88 bits per heavy atom. The summed E-state index contributed by atoms with van der Waals surface area (Å²) >= 11 is 0. The first-order valence-electron chi connectivity index (χ1n) is 3.03. The van der Waals surface area contributed by atoms with Gasteiger partial charge in [0.15, 0.2) is 0 Å². The number of hydrogen-bond acceptors (Lipinski definition) is 1. The summed E-state index contributed by atoms with van der Waals surface area (Å²) in [5, 5.41) is 0. The molecular formula is C7H12O. The normalized spacial score (nSPS) is 30.6. The van der Waals surface area contributed by atoms with Crippen LogP contribution in [0.5, 0.6) is 0 Å². The summed E-state index contributed by atoms with van der Waals surface area (Å²) in [6, 6.07) is 0. The molecule has 0 aliphatic carbocycles. The van der Waals surface area contributed by atoms with E-state index in [2.05, 4.69) is 13.5 Å². The molecular weight excluding hydrogens is 100 g/mol. The van der Waals surface area contributed by atoms with Crippen LogP contribution in [0.4, 0.5) is 0 Å². The smallest absolute Gasteiger partial charge is 0.0674 e. The van der Waals surface area contributed by atoms with Crippen LogP contribution in [-0.2, 0) is 4.74 Å². The molecule has 0 amide bonds. The molecule has 1 saturated heterocycles. The molecule has 0 spiro atoms. The molecule has 1 heterocycles. The average Bonchev–Trinajstić information content (AvgIpc) is 1.64. The first kappa shape index (κ1) is 5.83. The van der Waals surface area contributed by atoms with E-state index in [9.17, 15) is 0 Å². The van der Waals surface area contributed by atoms with Gasteiger partial charge in [-0.2, -0.15) is 0 Å². The fraction of sp³-hybridized carbons (Fsp3) is 0.714. The van der Waals surface area contributed by atoms with E-state index < -0.39 is 0 Å². The minimum absolute atomic E-state index is 0.691. The zero-order valence-corrected chi connectivity index (χ0v) is 5.31. The lowest BCUT2D eigenvalue weighted by Gasteiger charge is -2.19. The van der Waals surface area contributed by atoms with Crippen molar-refractivity contribution in [3.05, 3.63) is 12.2 Å². The molecule has 0 radical (unpaired) electrons. The van der Waals surface area contributed by atoms with Crippen molar-refractivity contribution in [3.63, 3.8) is 0 Å². The highest BCUT2D eigenvalue weighted by atomic mass is 16.5. The number of hydrogen-bond donors (Lipinski definition) is 0. The predicted molar refractivity (Wildman–Crippen MR) is 33.7 cm³/mol. The second-order valence-electron chi connectivity index (χ2n) is 2.57. The van der Waals surface area contributed by atoms with Crippen LogP contribution in [0.2, 0.25) is 0 Å². The van der Waals surface area contributed by atoms with Crippen molar-refractivity contribution >= 4 is 0 Å². The quantitative estimate of drug-likeness (QED) is 0.432. The highest BCUT2D eigenvalue weighted by molar-refractivity contribution is 4.97. The molecule has 0 aromatic rings. The van der Waals surface area contributed by atoms with Crippen molar-refractivity contribution in [1.29, 1.82) is 0 Å². The van der Waals surface area contributed by atoms with E-state index in [1.807, 2.05) is 0 Å². The Kier molecular flexibility index (Phi) is 1.69. The molecule has 0 bridgehead atoms. The van der Waals surface area contributed by atoms with E-state index in [0.717, 1.165) is 19.6 Å². The van der Waals surface area contributed by atoms with Crippen LogP contribution < -0.4 is 0 Å². The largest absolute Gasteiger partial charge is 0.377 e. The standard InChI is InChI=1S/C7H12O/c1-6-3-7(2)5-8-4-6/h7H,1,3-5H2,2H3. The molecule has 0 aromatic carbocycles. The van der Waals surface area contributed by atoms with E-state index in [0.29, 0.717) is 5.92 Å². The molecule has 1 unspecified atom stereocenters. The summed E-state index contributed by atoms with van der Waals surface area (Å²) in [5.74, 6) is 0.691. The fourth-order valence-corrected chi connectivity index (χ4v) is 1.02. The van der Waals surface area contributed by atoms with Crippen LogP contribution in [0.3, 0.4) is 0 Å². The maximum Gasteiger partial charge on any atom is 0.0674 e. The molecule has 46 valence electrons. The SMILES string of the molecule is C=C1COCC(C)C1. The Balaban J connectivity index is 2.34. The Hall–Kier alpha value is -0.300. The molecule has 1 atom stereocenters. The van der Waals surface area contributed by atoms with Gasteiger partial charge in [-0.15, -0.1) is 0 Å².